The summed E-state index contributed by atoms with van der Waals surface area (Å²) < 4.78 is 27.6. The zero-order chi connectivity index (χ0) is 21.8. The van der Waals surface area contributed by atoms with Gasteiger partial charge < -0.3 is 10.6 Å². The molecule has 2 aromatic carbocycles. The van der Waals surface area contributed by atoms with E-state index in [9.17, 15) is 18.0 Å². The zero-order valence-electron chi connectivity index (χ0n) is 17.2. The van der Waals surface area contributed by atoms with Gasteiger partial charge in [-0.3, -0.25) is 9.59 Å². The third-order valence-corrected chi connectivity index (χ3v) is 5.68. The number of benzene rings is 2. The molecule has 7 nitrogen and oxygen atoms in total. The van der Waals surface area contributed by atoms with Gasteiger partial charge in [-0.15, -0.1) is 0 Å². The first-order valence-electron chi connectivity index (χ1n) is 9.20. The SMILES string of the molecule is CC(=O)c1ccc(NC(=O)[C@@H](C)Nc2cccc(S(=O)(=O)NC(C)(C)C)c2)cc1. The molecule has 0 aromatic heterocycles. The van der Waals surface area contributed by atoms with Crippen LogP contribution in [0.5, 0.6) is 0 Å². The second-order valence-corrected chi connectivity index (χ2v) is 9.55. The van der Waals surface area contributed by atoms with Crippen molar-refractivity contribution in [2.45, 2.75) is 51.1 Å². The Hall–Kier alpha value is -2.71. The van der Waals surface area contributed by atoms with Crippen LogP contribution in [0.1, 0.15) is 45.0 Å². The normalized spacial score (nSPS) is 12.9. The molecule has 29 heavy (non-hydrogen) atoms. The molecule has 0 saturated heterocycles. The van der Waals surface area contributed by atoms with Gasteiger partial charge in [0.2, 0.25) is 15.9 Å². The Morgan fingerprint density at radius 1 is 0.966 bits per heavy atom. The summed E-state index contributed by atoms with van der Waals surface area (Å²) in [5, 5.41) is 5.77. The van der Waals surface area contributed by atoms with Crippen LogP contribution in [-0.2, 0) is 14.8 Å². The standard InChI is InChI=1S/C21H27N3O4S/c1-14(20(26)23-17-11-9-16(10-12-17)15(2)25)22-18-7-6-8-19(13-18)29(27,28)24-21(3,4)5/h6-14,22,24H,1-5H3,(H,23,26)/t14-/m1/s1. The summed E-state index contributed by atoms with van der Waals surface area (Å²) in [6.45, 7) is 8.45. The highest BCUT2D eigenvalue weighted by Crippen LogP contribution is 2.18. The van der Waals surface area contributed by atoms with Crippen molar-refractivity contribution in [2.24, 2.45) is 0 Å². The van der Waals surface area contributed by atoms with Gasteiger partial charge in [0.05, 0.1) is 4.90 Å². The summed E-state index contributed by atoms with van der Waals surface area (Å²) in [6.07, 6.45) is 0. The number of rotatable bonds is 7. The van der Waals surface area contributed by atoms with E-state index in [-0.39, 0.29) is 16.6 Å². The summed E-state index contributed by atoms with van der Waals surface area (Å²) in [5.74, 6) is -0.338. The maximum atomic E-state index is 12.5. The molecule has 0 heterocycles. The molecule has 156 valence electrons. The average molecular weight is 418 g/mol. The molecule has 2 rings (SSSR count). The van der Waals surface area contributed by atoms with Crippen molar-refractivity contribution >= 4 is 33.1 Å². The van der Waals surface area contributed by atoms with Gasteiger partial charge >= 0.3 is 0 Å². The van der Waals surface area contributed by atoms with Crippen LogP contribution in [0.25, 0.3) is 0 Å². The van der Waals surface area contributed by atoms with Crippen LogP contribution < -0.4 is 15.4 Å². The third-order valence-electron chi connectivity index (χ3n) is 3.92. The lowest BCUT2D eigenvalue weighted by molar-refractivity contribution is -0.116. The smallest absolute Gasteiger partial charge is 0.246 e. The maximum absolute atomic E-state index is 12.5. The predicted molar refractivity (Wildman–Crippen MR) is 115 cm³/mol. The fourth-order valence-corrected chi connectivity index (χ4v) is 4.03. The summed E-state index contributed by atoms with van der Waals surface area (Å²) in [4.78, 5) is 23.9. The maximum Gasteiger partial charge on any atom is 0.246 e. The number of Topliss-reactive ketones (excluding diaryl/α,β-unsaturated/α-hetero) is 1. The lowest BCUT2D eigenvalue weighted by Crippen LogP contribution is -2.40. The van der Waals surface area contributed by atoms with Gasteiger partial charge in [0.25, 0.3) is 0 Å². The van der Waals surface area contributed by atoms with Gasteiger partial charge in [-0.25, -0.2) is 13.1 Å². The van der Waals surface area contributed by atoms with Crippen molar-refractivity contribution in [1.82, 2.24) is 4.72 Å². The van der Waals surface area contributed by atoms with Crippen LogP contribution in [0.4, 0.5) is 11.4 Å². The minimum absolute atomic E-state index is 0.0475. The van der Waals surface area contributed by atoms with E-state index in [0.717, 1.165) is 0 Å². The van der Waals surface area contributed by atoms with Gasteiger partial charge in [-0.2, -0.15) is 0 Å². The fourth-order valence-electron chi connectivity index (χ4n) is 2.57. The number of hydrogen-bond donors (Lipinski definition) is 3. The molecule has 0 aliphatic heterocycles. The number of sulfonamides is 1. The summed E-state index contributed by atoms with van der Waals surface area (Å²) in [5.41, 5.74) is 1.04. The molecular formula is C21H27N3O4S. The van der Waals surface area contributed by atoms with Gasteiger partial charge in [0, 0.05) is 22.5 Å². The Bertz CT molecular complexity index is 993. The summed E-state index contributed by atoms with van der Waals surface area (Å²) in [6, 6.07) is 12.3. The molecule has 0 unspecified atom stereocenters. The van der Waals surface area contributed by atoms with Crippen molar-refractivity contribution in [3.8, 4) is 0 Å². The van der Waals surface area contributed by atoms with Gasteiger partial charge in [-0.1, -0.05) is 6.07 Å². The topological polar surface area (TPSA) is 104 Å². The number of ketones is 1. The quantitative estimate of drug-likeness (QED) is 0.599. The minimum Gasteiger partial charge on any atom is -0.374 e. The van der Waals surface area contributed by atoms with Crippen LogP contribution in [0, 0.1) is 0 Å². The van der Waals surface area contributed by atoms with E-state index >= 15 is 0 Å². The van der Waals surface area contributed by atoms with E-state index in [2.05, 4.69) is 15.4 Å². The molecule has 8 heteroatoms. The van der Waals surface area contributed by atoms with E-state index in [1.54, 1.807) is 64.1 Å². The van der Waals surface area contributed by atoms with Crippen LogP contribution in [0.15, 0.2) is 53.4 Å². The first kappa shape index (κ1) is 22.6. The number of carbonyl (C=O) groups is 2. The van der Waals surface area contributed by atoms with Crippen molar-refractivity contribution < 1.29 is 18.0 Å². The third kappa shape index (κ3) is 6.69. The lowest BCUT2D eigenvalue weighted by atomic mass is 10.1. The molecule has 0 fully saturated rings. The molecule has 0 spiro atoms. The van der Waals surface area contributed by atoms with Crippen molar-refractivity contribution in [1.29, 1.82) is 0 Å². The van der Waals surface area contributed by atoms with Gasteiger partial charge in [-0.05, 0) is 77.1 Å². The van der Waals surface area contributed by atoms with E-state index in [1.165, 1.54) is 19.1 Å². The Kier molecular flexibility index (Phi) is 6.81. The van der Waals surface area contributed by atoms with E-state index in [1.807, 2.05) is 0 Å². The van der Waals surface area contributed by atoms with Crippen LogP contribution in [0.3, 0.4) is 0 Å². The molecule has 1 atom stereocenters. The number of anilines is 2. The van der Waals surface area contributed by atoms with Crippen LogP contribution in [-0.4, -0.2) is 31.7 Å². The monoisotopic (exact) mass is 417 g/mol. The van der Waals surface area contributed by atoms with Gasteiger partial charge in [0.15, 0.2) is 5.78 Å². The number of carbonyl (C=O) groups excluding carboxylic acids is 2. The highest BCUT2D eigenvalue weighted by molar-refractivity contribution is 7.89. The number of hydrogen-bond acceptors (Lipinski definition) is 5. The fraction of sp³-hybridized carbons (Fsp3) is 0.333. The van der Waals surface area contributed by atoms with E-state index in [4.69, 9.17) is 0 Å². The molecule has 1 amide bonds. The van der Waals surface area contributed by atoms with Crippen molar-refractivity contribution in [3.63, 3.8) is 0 Å². The molecular weight excluding hydrogens is 390 g/mol. The molecule has 0 aliphatic rings. The van der Waals surface area contributed by atoms with Crippen molar-refractivity contribution in [3.05, 3.63) is 54.1 Å². The highest BCUT2D eigenvalue weighted by Gasteiger charge is 2.22. The van der Waals surface area contributed by atoms with Crippen molar-refractivity contribution in [2.75, 3.05) is 10.6 Å². The second-order valence-electron chi connectivity index (χ2n) is 7.87. The Morgan fingerprint density at radius 2 is 1.59 bits per heavy atom. The summed E-state index contributed by atoms with van der Waals surface area (Å²) in [7, 11) is -3.67. The largest absolute Gasteiger partial charge is 0.374 e. The first-order chi connectivity index (χ1) is 13.4. The molecule has 3 N–H and O–H groups in total. The molecule has 0 aliphatic carbocycles. The Labute approximate surface area is 172 Å². The highest BCUT2D eigenvalue weighted by atomic mass is 32.2. The number of amides is 1. The zero-order valence-corrected chi connectivity index (χ0v) is 18.1. The van der Waals surface area contributed by atoms with Crippen LogP contribution >= 0.6 is 0 Å². The Morgan fingerprint density at radius 3 is 2.14 bits per heavy atom. The summed E-state index contributed by atoms with van der Waals surface area (Å²) >= 11 is 0. The minimum atomic E-state index is -3.67. The molecule has 2 aromatic rings. The predicted octanol–water partition coefficient (Wildman–Crippen LogP) is 3.41. The Balaban J connectivity index is 2.07. The number of nitrogens with one attached hydrogen (secondary N) is 3. The van der Waals surface area contributed by atoms with E-state index in [0.29, 0.717) is 16.9 Å². The second kappa shape index (κ2) is 8.75. The lowest BCUT2D eigenvalue weighted by Gasteiger charge is -2.21. The molecule has 0 radical (unpaired) electrons. The molecule has 0 saturated carbocycles. The van der Waals surface area contributed by atoms with Crippen LogP contribution in [0.2, 0.25) is 0 Å². The van der Waals surface area contributed by atoms with E-state index < -0.39 is 21.6 Å². The average Bonchev–Trinajstić information content (AvgIpc) is 2.60. The first-order valence-corrected chi connectivity index (χ1v) is 10.7. The molecule has 0 bridgehead atoms. The van der Waals surface area contributed by atoms with Gasteiger partial charge in [0.1, 0.15) is 6.04 Å².